The first kappa shape index (κ1) is 64.6. The topological polar surface area (TPSA) is 78.9 Å². The maximum atomic E-state index is 12.8. The Kier molecular flexibility index (Phi) is 53.4. The first-order chi connectivity index (χ1) is 33.5. The molecule has 68 heavy (non-hydrogen) atoms. The number of carbonyl (C=O) groups is 3. The Morgan fingerprint density at radius 1 is 0.309 bits per heavy atom. The molecule has 1 atom stereocenters. The molecular formula is C62H106O6. The van der Waals surface area contributed by atoms with Crippen LogP contribution < -0.4 is 0 Å². The van der Waals surface area contributed by atoms with Gasteiger partial charge in [-0.15, -0.1) is 0 Å². The Morgan fingerprint density at radius 2 is 0.603 bits per heavy atom. The lowest BCUT2D eigenvalue weighted by molar-refractivity contribution is -0.167. The van der Waals surface area contributed by atoms with Crippen LogP contribution in [0.1, 0.15) is 271 Å². The van der Waals surface area contributed by atoms with E-state index in [9.17, 15) is 14.4 Å². The molecule has 0 heterocycles. The number of esters is 3. The molecule has 390 valence electrons. The number of unbranched alkanes of at least 4 members (excludes halogenated alkanes) is 26. The standard InChI is InChI=1S/C62H106O6/c1-4-7-10-13-16-19-22-24-26-27-28-29-30-31-32-33-34-35-37-38-40-43-46-49-52-55-61(64)67-58-59(57-66-60(63)54-51-48-45-42-21-18-15-12-9-6-3)68-62(65)56-53-50-47-44-41-39-36-25-23-20-17-14-11-8-5-2/h7,10,12,15-16,19,24,26,28-29,31-32,34-35,59H,4-6,8-9,11,13-14,17-18,20-23,25,27,30,33,36-58H2,1-3H3/b10-7-,15-12-,19-16-,26-24-,29-28-,32-31-,35-34-. The summed E-state index contributed by atoms with van der Waals surface area (Å²) in [5.41, 5.74) is 0. The van der Waals surface area contributed by atoms with E-state index in [4.69, 9.17) is 14.2 Å². The van der Waals surface area contributed by atoms with Crippen molar-refractivity contribution in [3.05, 3.63) is 85.1 Å². The minimum Gasteiger partial charge on any atom is -0.462 e. The minimum absolute atomic E-state index is 0.0840. The van der Waals surface area contributed by atoms with Gasteiger partial charge in [-0.25, -0.2) is 0 Å². The van der Waals surface area contributed by atoms with Gasteiger partial charge in [0.1, 0.15) is 13.2 Å². The summed E-state index contributed by atoms with van der Waals surface area (Å²) >= 11 is 0. The van der Waals surface area contributed by atoms with E-state index in [2.05, 4.69) is 106 Å². The van der Waals surface area contributed by atoms with Gasteiger partial charge in [-0.2, -0.15) is 0 Å². The number of allylic oxidation sites excluding steroid dienone is 14. The third-order valence-corrected chi connectivity index (χ3v) is 12.1. The number of rotatable bonds is 51. The molecule has 0 aromatic rings. The van der Waals surface area contributed by atoms with Crippen molar-refractivity contribution in [1.29, 1.82) is 0 Å². The van der Waals surface area contributed by atoms with Crippen LogP contribution in [0.15, 0.2) is 85.1 Å². The lowest BCUT2D eigenvalue weighted by atomic mass is 10.0. The SMILES string of the molecule is CC/C=C\C/C=C\C/C=C\C/C=C\C/C=C\C/C=C\CCCCCCCCC(=O)OCC(COC(=O)CCCCCCC/C=C\CCC)OC(=O)CCCCCCCCCCCCCCCCC. The summed E-state index contributed by atoms with van der Waals surface area (Å²) in [5, 5.41) is 0. The van der Waals surface area contributed by atoms with E-state index in [1.807, 2.05) is 0 Å². The van der Waals surface area contributed by atoms with Crippen LogP contribution in [0.4, 0.5) is 0 Å². The van der Waals surface area contributed by atoms with E-state index >= 15 is 0 Å². The van der Waals surface area contributed by atoms with Gasteiger partial charge in [0, 0.05) is 19.3 Å². The van der Waals surface area contributed by atoms with Crippen molar-refractivity contribution < 1.29 is 28.6 Å². The molecule has 1 unspecified atom stereocenters. The average molecular weight is 948 g/mol. The molecule has 0 bridgehead atoms. The molecule has 0 aliphatic carbocycles. The highest BCUT2D eigenvalue weighted by atomic mass is 16.6. The summed E-state index contributed by atoms with van der Waals surface area (Å²) in [4.78, 5) is 38.0. The highest BCUT2D eigenvalue weighted by Gasteiger charge is 2.19. The molecule has 0 aliphatic rings. The molecule has 6 nitrogen and oxygen atoms in total. The summed E-state index contributed by atoms with van der Waals surface area (Å²) < 4.78 is 16.8. The lowest BCUT2D eigenvalue weighted by Crippen LogP contribution is -2.30. The fourth-order valence-electron chi connectivity index (χ4n) is 7.86. The molecule has 0 aromatic carbocycles. The monoisotopic (exact) mass is 947 g/mol. The van der Waals surface area contributed by atoms with Gasteiger partial charge in [-0.1, -0.05) is 247 Å². The van der Waals surface area contributed by atoms with E-state index in [-0.39, 0.29) is 31.1 Å². The van der Waals surface area contributed by atoms with Crippen LogP contribution in [-0.2, 0) is 28.6 Å². The van der Waals surface area contributed by atoms with Crippen molar-refractivity contribution in [3.8, 4) is 0 Å². The van der Waals surface area contributed by atoms with Crippen LogP contribution in [-0.4, -0.2) is 37.2 Å². The van der Waals surface area contributed by atoms with Crippen LogP contribution >= 0.6 is 0 Å². The number of carbonyl (C=O) groups excluding carboxylic acids is 3. The normalized spacial score (nSPS) is 12.7. The molecule has 0 saturated heterocycles. The van der Waals surface area contributed by atoms with Crippen molar-refractivity contribution in [3.63, 3.8) is 0 Å². The van der Waals surface area contributed by atoms with Gasteiger partial charge in [0.05, 0.1) is 0 Å². The molecule has 0 spiro atoms. The molecule has 6 heteroatoms. The number of ether oxygens (including phenoxy) is 3. The smallest absolute Gasteiger partial charge is 0.306 e. The van der Waals surface area contributed by atoms with Gasteiger partial charge < -0.3 is 14.2 Å². The van der Waals surface area contributed by atoms with Gasteiger partial charge in [0.25, 0.3) is 0 Å². The summed E-state index contributed by atoms with van der Waals surface area (Å²) in [6, 6.07) is 0. The molecule has 0 saturated carbocycles. The largest absolute Gasteiger partial charge is 0.462 e. The van der Waals surface area contributed by atoms with Crippen molar-refractivity contribution in [2.45, 2.75) is 277 Å². The second kappa shape index (κ2) is 56.2. The molecule has 0 rings (SSSR count). The zero-order chi connectivity index (χ0) is 49.3. The van der Waals surface area contributed by atoms with Gasteiger partial charge in [0.2, 0.25) is 0 Å². The van der Waals surface area contributed by atoms with Crippen LogP contribution in [0.25, 0.3) is 0 Å². The minimum atomic E-state index is -0.784. The summed E-state index contributed by atoms with van der Waals surface area (Å²) in [7, 11) is 0. The Morgan fingerprint density at radius 3 is 0.971 bits per heavy atom. The third-order valence-electron chi connectivity index (χ3n) is 12.1. The maximum absolute atomic E-state index is 12.8. The Labute approximate surface area is 420 Å². The Hall–Kier alpha value is -3.41. The van der Waals surface area contributed by atoms with Gasteiger partial charge in [0.15, 0.2) is 6.10 Å². The van der Waals surface area contributed by atoms with Gasteiger partial charge in [-0.3, -0.25) is 14.4 Å². The van der Waals surface area contributed by atoms with Gasteiger partial charge >= 0.3 is 17.9 Å². The molecule has 0 fully saturated rings. The van der Waals surface area contributed by atoms with E-state index < -0.39 is 6.10 Å². The summed E-state index contributed by atoms with van der Waals surface area (Å²) in [6.07, 6.45) is 72.9. The predicted molar refractivity (Wildman–Crippen MR) is 293 cm³/mol. The number of hydrogen-bond acceptors (Lipinski definition) is 6. The third kappa shape index (κ3) is 53.5. The fraction of sp³-hybridized carbons (Fsp3) is 0.726. The lowest BCUT2D eigenvalue weighted by Gasteiger charge is -2.18. The van der Waals surface area contributed by atoms with Crippen molar-refractivity contribution in [2.24, 2.45) is 0 Å². The first-order valence-electron chi connectivity index (χ1n) is 28.6. The van der Waals surface area contributed by atoms with E-state index in [1.54, 1.807) is 0 Å². The highest BCUT2D eigenvalue weighted by molar-refractivity contribution is 5.71. The van der Waals surface area contributed by atoms with E-state index in [0.29, 0.717) is 19.3 Å². The van der Waals surface area contributed by atoms with Gasteiger partial charge in [-0.05, 0) is 89.9 Å². The molecular weight excluding hydrogens is 841 g/mol. The zero-order valence-corrected chi connectivity index (χ0v) is 44.6. The van der Waals surface area contributed by atoms with Crippen LogP contribution in [0.5, 0.6) is 0 Å². The number of hydrogen-bond donors (Lipinski definition) is 0. The van der Waals surface area contributed by atoms with E-state index in [1.165, 1.54) is 109 Å². The van der Waals surface area contributed by atoms with Crippen LogP contribution in [0.3, 0.4) is 0 Å². The Balaban J connectivity index is 4.30. The first-order valence-corrected chi connectivity index (χ1v) is 28.6. The fourth-order valence-corrected chi connectivity index (χ4v) is 7.86. The Bertz CT molecular complexity index is 1320. The summed E-state index contributed by atoms with van der Waals surface area (Å²) in [6.45, 7) is 6.46. The highest BCUT2D eigenvalue weighted by Crippen LogP contribution is 2.16. The zero-order valence-electron chi connectivity index (χ0n) is 44.6. The second-order valence-corrected chi connectivity index (χ2v) is 18.8. The quantitative estimate of drug-likeness (QED) is 0.0262. The molecule has 0 aliphatic heterocycles. The average Bonchev–Trinajstić information content (AvgIpc) is 3.34. The van der Waals surface area contributed by atoms with Crippen LogP contribution in [0, 0.1) is 0 Å². The van der Waals surface area contributed by atoms with Crippen molar-refractivity contribution >= 4 is 17.9 Å². The second-order valence-electron chi connectivity index (χ2n) is 18.8. The van der Waals surface area contributed by atoms with E-state index in [0.717, 1.165) is 122 Å². The van der Waals surface area contributed by atoms with Crippen molar-refractivity contribution in [2.75, 3.05) is 13.2 Å². The molecule has 0 N–H and O–H groups in total. The molecule has 0 radical (unpaired) electrons. The molecule has 0 amide bonds. The van der Waals surface area contributed by atoms with Crippen molar-refractivity contribution in [1.82, 2.24) is 0 Å². The van der Waals surface area contributed by atoms with Crippen LogP contribution in [0.2, 0.25) is 0 Å². The predicted octanol–water partition coefficient (Wildman–Crippen LogP) is 19.2. The molecule has 0 aromatic heterocycles. The summed E-state index contributed by atoms with van der Waals surface area (Å²) in [5.74, 6) is -0.903. The maximum Gasteiger partial charge on any atom is 0.306 e.